The Hall–Kier alpha value is -3.65. The van der Waals surface area contributed by atoms with Crippen molar-refractivity contribution in [2.45, 2.75) is 26.5 Å². The van der Waals surface area contributed by atoms with E-state index >= 15 is 0 Å². The third-order valence-electron chi connectivity index (χ3n) is 4.25. The molecule has 0 aliphatic carbocycles. The van der Waals surface area contributed by atoms with Crippen LogP contribution in [0, 0.1) is 0 Å². The molecule has 0 bridgehead atoms. The molecule has 0 aromatic carbocycles. The summed E-state index contributed by atoms with van der Waals surface area (Å²) in [6.45, 7) is 4.18. The van der Waals surface area contributed by atoms with Gasteiger partial charge >= 0.3 is 0 Å². The minimum absolute atomic E-state index is 0.137. The second kappa shape index (κ2) is 8.15. The van der Waals surface area contributed by atoms with Gasteiger partial charge in [-0.25, -0.2) is 15.1 Å². The Balaban J connectivity index is 1.81. The highest BCUT2D eigenvalue weighted by atomic mass is 16.7. The van der Waals surface area contributed by atoms with Gasteiger partial charge in [0, 0.05) is 30.4 Å². The van der Waals surface area contributed by atoms with E-state index in [-0.39, 0.29) is 12.0 Å². The molecule has 8 heteroatoms. The first-order chi connectivity index (χ1) is 14.1. The van der Waals surface area contributed by atoms with Crippen molar-refractivity contribution in [1.29, 1.82) is 0 Å². The summed E-state index contributed by atoms with van der Waals surface area (Å²) >= 11 is 0. The van der Waals surface area contributed by atoms with Crippen LogP contribution < -0.4 is 5.48 Å². The molecule has 0 fully saturated rings. The molecular formula is C21H20N6O2. The summed E-state index contributed by atoms with van der Waals surface area (Å²) < 4.78 is 1.76. The van der Waals surface area contributed by atoms with Gasteiger partial charge in [-0.1, -0.05) is 6.07 Å². The van der Waals surface area contributed by atoms with Crippen LogP contribution in [0.25, 0.3) is 22.3 Å². The van der Waals surface area contributed by atoms with Gasteiger partial charge in [-0.05, 0) is 43.7 Å². The normalized spacial score (nSPS) is 11.1. The van der Waals surface area contributed by atoms with E-state index in [9.17, 15) is 4.79 Å². The van der Waals surface area contributed by atoms with E-state index in [0.717, 1.165) is 11.1 Å². The Bertz CT molecular complexity index is 1130. The molecule has 0 saturated carbocycles. The highest BCUT2D eigenvalue weighted by Crippen LogP contribution is 2.25. The number of nitrogens with zero attached hydrogens (tertiary/aromatic N) is 5. The van der Waals surface area contributed by atoms with E-state index in [1.165, 1.54) is 0 Å². The van der Waals surface area contributed by atoms with Crippen molar-refractivity contribution < 1.29 is 9.63 Å². The SMILES string of the molecule is CC(C)ONC(=O)c1cc(-c2cccnc2)nc2c1cnn2Cc1cccnc1. The van der Waals surface area contributed by atoms with Crippen LogP contribution in [-0.4, -0.2) is 36.7 Å². The molecule has 4 aromatic heterocycles. The fourth-order valence-electron chi connectivity index (χ4n) is 2.90. The van der Waals surface area contributed by atoms with Gasteiger partial charge in [-0.3, -0.25) is 19.6 Å². The van der Waals surface area contributed by atoms with E-state index < -0.39 is 0 Å². The maximum absolute atomic E-state index is 12.8. The lowest BCUT2D eigenvalue weighted by Gasteiger charge is -2.11. The fraction of sp³-hybridized carbons (Fsp3) is 0.190. The van der Waals surface area contributed by atoms with E-state index in [0.29, 0.717) is 28.8 Å². The molecule has 4 rings (SSSR count). The van der Waals surface area contributed by atoms with Crippen LogP contribution >= 0.6 is 0 Å². The number of carbonyl (C=O) groups excluding carboxylic acids is 1. The van der Waals surface area contributed by atoms with Gasteiger partial charge < -0.3 is 0 Å². The second-order valence-corrected chi connectivity index (χ2v) is 6.80. The molecule has 1 amide bonds. The number of fused-ring (bicyclic) bond motifs is 1. The van der Waals surface area contributed by atoms with Gasteiger partial charge in [0.25, 0.3) is 5.91 Å². The van der Waals surface area contributed by atoms with Gasteiger partial charge in [0.15, 0.2) is 5.65 Å². The first kappa shape index (κ1) is 18.7. The molecule has 0 unspecified atom stereocenters. The van der Waals surface area contributed by atoms with E-state index in [1.807, 2.05) is 38.1 Å². The molecule has 0 radical (unpaired) electrons. The Morgan fingerprint density at radius 1 is 1.14 bits per heavy atom. The number of hydroxylamine groups is 1. The molecule has 4 heterocycles. The molecule has 0 aliphatic heterocycles. The lowest BCUT2D eigenvalue weighted by molar-refractivity contribution is 0.000300. The Kier molecular flexibility index (Phi) is 5.26. The zero-order valence-electron chi connectivity index (χ0n) is 16.1. The number of rotatable bonds is 6. The van der Waals surface area contributed by atoms with E-state index in [1.54, 1.807) is 41.7 Å². The summed E-state index contributed by atoms with van der Waals surface area (Å²) in [5, 5.41) is 5.10. The summed E-state index contributed by atoms with van der Waals surface area (Å²) in [6, 6.07) is 9.30. The van der Waals surface area contributed by atoms with E-state index in [2.05, 4.69) is 20.5 Å². The molecule has 0 atom stereocenters. The van der Waals surface area contributed by atoms with Gasteiger partial charge in [0.05, 0.1) is 35.5 Å². The van der Waals surface area contributed by atoms with Crippen molar-refractivity contribution in [2.24, 2.45) is 0 Å². The minimum Gasteiger partial charge on any atom is -0.271 e. The molecular weight excluding hydrogens is 368 g/mol. The summed E-state index contributed by atoms with van der Waals surface area (Å²) in [4.78, 5) is 31.1. The molecule has 0 saturated heterocycles. The standard InChI is InChI=1S/C21H20N6O2/c1-14(2)29-26-21(28)17-9-19(16-6-4-8-23-11-16)25-20-18(17)12-24-27(20)13-15-5-3-7-22-10-15/h3-12,14H,13H2,1-2H3,(H,26,28). The predicted octanol–water partition coefficient (Wildman–Crippen LogP) is 3.01. The Morgan fingerprint density at radius 2 is 1.93 bits per heavy atom. The molecule has 29 heavy (non-hydrogen) atoms. The van der Waals surface area contributed by atoms with Crippen molar-refractivity contribution in [1.82, 2.24) is 30.2 Å². The summed E-state index contributed by atoms with van der Waals surface area (Å²) in [5.74, 6) is -0.350. The van der Waals surface area contributed by atoms with Crippen molar-refractivity contribution >= 4 is 16.9 Å². The Morgan fingerprint density at radius 3 is 2.62 bits per heavy atom. The molecule has 1 N–H and O–H groups in total. The molecule has 146 valence electrons. The summed E-state index contributed by atoms with van der Waals surface area (Å²) in [5.41, 5.74) is 5.96. The number of aromatic nitrogens is 5. The molecule has 0 spiro atoms. The number of carbonyl (C=O) groups is 1. The molecule has 4 aromatic rings. The highest BCUT2D eigenvalue weighted by Gasteiger charge is 2.18. The van der Waals surface area contributed by atoms with Crippen LogP contribution in [0.3, 0.4) is 0 Å². The summed E-state index contributed by atoms with van der Waals surface area (Å²) in [7, 11) is 0. The number of hydrogen-bond donors (Lipinski definition) is 1. The van der Waals surface area contributed by atoms with Gasteiger partial charge in [0.2, 0.25) is 0 Å². The first-order valence-electron chi connectivity index (χ1n) is 9.23. The van der Waals surface area contributed by atoms with Crippen molar-refractivity contribution in [3.05, 3.63) is 72.4 Å². The fourth-order valence-corrected chi connectivity index (χ4v) is 2.90. The number of amides is 1. The zero-order chi connectivity index (χ0) is 20.2. The van der Waals surface area contributed by atoms with Crippen molar-refractivity contribution in [3.8, 4) is 11.3 Å². The zero-order valence-corrected chi connectivity index (χ0v) is 16.1. The predicted molar refractivity (Wildman–Crippen MR) is 108 cm³/mol. The van der Waals surface area contributed by atoms with Gasteiger partial charge in [-0.2, -0.15) is 5.10 Å². The van der Waals surface area contributed by atoms with Gasteiger partial charge in [-0.15, -0.1) is 0 Å². The van der Waals surface area contributed by atoms with Gasteiger partial charge in [0.1, 0.15) is 0 Å². The molecule has 8 nitrogen and oxygen atoms in total. The van der Waals surface area contributed by atoms with Crippen LogP contribution in [-0.2, 0) is 11.4 Å². The largest absolute Gasteiger partial charge is 0.275 e. The average Bonchev–Trinajstić information content (AvgIpc) is 3.15. The lowest BCUT2D eigenvalue weighted by Crippen LogP contribution is -2.27. The van der Waals surface area contributed by atoms with Crippen LogP contribution in [0.15, 0.2) is 61.3 Å². The quantitative estimate of drug-likeness (QED) is 0.510. The summed E-state index contributed by atoms with van der Waals surface area (Å²) in [6.07, 6.45) is 8.42. The average molecular weight is 388 g/mol. The maximum Gasteiger partial charge on any atom is 0.275 e. The van der Waals surface area contributed by atoms with Crippen LogP contribution in [0.4, 0.5) is 0 Å². The topological polar surface area (TPSA) is 94.8 Å². The smallest absolute Gasteiger partial charge is 0.271 e. The number of nitrogens with one attached hydrogen (secondary N) is 1. The van der Waals surface area contributed by atoms with E-state index in [4.69, 9.17) is 9.82 Å². The maximum atomic E-state index is 12.8. The monoisotopic (exact) mass is 388 g/mol. The third-order valence-corrected chi connectivity index (χ3v) is 4.25. The lowest BCUT2D eigenvalue weighted by atomic mass is 10.1. The minimum atomic E-state index is -0.350. The van der Waals surface area contributed by atoms with Crippen LogP contribution in [0.1, 0.15) is 29.8 Å². The van der Waals surface area contributed by atoms with Crippen LogP contribution in [0.2, 0.25) is 0 Å². The molecule has 0 aliphatic rings. The number of pyridine rings is 3. The third kappa shape index (κ3) is 4.12. The second-order valence-electron chi connectivity index (χ2n) is 6.80. The van der Waals surface area contributed by atoms with Crippen LogP contribution in [0.5, 0.6) is 0 Å². The highest BCUT2D eigenvalue weighted by molar-refractivity contribution is 6.06. The first-order valence-corrected chi connectivity index (χ1v) is 9.23. The number of hydrogen-bond acceptors (Lipinski definition) is 6. The van der Waals surface area contributed by atoms with Crippen molar-refractivity contribution in [3.63, 3.8) is 0 Å². The van der Waals surface area contributed by atoms with Crippen molar-refractivity contribution in [2.75, 3.05) is 0 Å². The Labute approximate surface area is 167 Å².